The average Bonchev–Trinajstić information content (AvgIpc) is 2.60. The third kappa shape index (κ3) is 2.15. The molecule has 0 aromatic heterocycles. The minimum Gasteiger partial charge on any atom is -0.494 e. The Balaban J connectivity index is 2.25. The number of nitrogens with zero attached hydrogens (tertiary/aromatic N) is 2. The quantitative estimate of drug-likeness (QED) is 0.823. The third-order valence-electron chi connectivity index (χ3n) is 3.43. The summed E-state index contributed by atoms with van der Waals surface area (Å²) in [6.45, 7) is 5.42. The highest BCUT2D eigenvalue weighted by Crippen LogP contribution is 2.30. The molecule has 0 N–H and O–H groups in total. The first-order chi connectivity index (χ1) is 8.54. The summed E-state index contributed by atoms with van der Waals surface area (Å²) in [5.74, 6) is 0.918. The van der Waals surface area contributed by atoms with Crippen LogP contribution in [0.5, 0.6) is 5.75 Å². The Kier molecular flexibility index (Phi) is 3.45. The first kappa shape index (κ1) is 12.7. The van der Waals surface area contributed by atoms with Gasteiger partial charge in [-0.15, -0.1) is 0 Å². The van der Waals surface area contributed by atoms with Gasteiger partial charge in [0.1, 0.15) is 5.75 Å². The van der Waals surface area contributed by atoms with Crippen LogP contribution in [0.25, 0.3) is 0 Å². The maximum absolute atomic E-state index is 11.8. The summed E-state index contributed by atoms with van der Waals surface area (Å²) in [6, 6.07) is 6.36. The molecular weight excluding hydrogens is 228 g/mol. The normalized spacial score (nSPS) is 19.6. The van der Waals surface area contributed by atoms with Crippen LogP contribution in [0.15, 0.2) is 18.2 Å². The number of rotatable bonds is 3. The van der Waals surface area contributed by atoms with Crippen LogP contribution in [0.4, 0.5) is 4.79 Å². The summed E-state index contributed by atoms with van der Waals surface area (Å²) < 4.78 is 5.53. The Morgan fingerprint density at radius 3 is 2.61 bits per heavy atom. The molecule has 2 rings (SSSR count). The summed E-state index contributed by atoms with van der Waals surface area (Å²) in [6.07, 6.45) is 0. The van der Waals surface area contributed by atoms with Gasteiger partial charge in [0.2, 0.25) is 0 Å². The van der Waals surface area contributed by atoms with Crippen molar-refractivity contribution in [1.29, 1.82) is 0 Å². The van der Waals surface area contributed by atoms with E-state index in [-0.39, 0.29) is 12.1 Å². The predicted molar refractivity (Wildman–Crippen MR) is 70.9 cm³/mol. The minimum absolute atomic E-state index is 0.0755. The second kappa shape index (κ2) is 4.88. The molecule has 1 aliphatic rings. The molecule has 4 heteroatoms. The van der Waals surface area contributed by atoms with E-state index in [4.69, 9.17) is 4.74 Å². The maximum Gasteiger partial charge on any atom is 0.320 e. The molecule has 1 aromatic carbocycles. The van der Waals surface area contributed by atoms with Crippen LogP contribution < -0.4 is 4.74 Å². The monoisotopic (exact) mass is 248 g/mol. The van der Waals surface area contributed by atoms with Gasteiger partial charge in [-0.05, 0) is 31.0 Å². The lowest BCUT2D eigenvalue weighted by atomic mass is 10.0. The fraction of sp³-hybridized carbons (Fsp3) is 0.500. The van der Waals surface area contributed by atoms with Gasteiger partial charge >= 0.3 is 6.03 Å². The molecule has 1 heterocycles. The van der Waals surface area contributed by atoms with Crippen LogP contribution in [-0.4, -0.2) is 43.1 Å². The highest BCUT2D eigenvalue weighted by Gasteiger charge is 2.33. The Bertz CT molecular complexity index is 459. The molecule has 4 nitrogen and oxygen atoms in total. The Morgan fingerprint density at radius 2 is 2.11 bits per heavy atom. The van der Waals surface area contributed by atoms with Gasteiger partial charge in [-0.1, -0.05) is 12.1 Å². The summed E-state index contributed by atoms with van der Waals surface area (Å²) in [4.78, 5) is 15.3. The molecule has 0 radical (unpaired) electrons. The Morgan fingerprint density at radius 1 is 1.39 bits per heavy atom. The van der Waals surface area contributed by atoms with Crippen molar-refractivity contribution >= 4 is 6.03 Å². The molecule has 0 spiro atoms. The molecular formula is C14H20N2O2. The second-order valence-electron chi connectivity index (χ2n) is 4.75. The van der Waals surface area contributed by atoms with E-state index in [2.05, 4.69) is 6.07 Å². The molecule has 98 valence electrons. The number of benzene rings is 1. The molecule has 0 aliphatic carbocycles. The smallest absolute Gasteiger partial charge is 0.320 e. The number of likely N-dealkylation sites (N-methyl/N-ethyl adjacent to an activating group) is 2. The highest BCUT2D eigenvalue weighted by molar-refractivity contribution is 5.77. The van der Waals surface area contributed by atoms with Crippen LogP contribution in [0.3, 0.4) is 0 Å². The van der Waals surface area contributed by atoms with Crippen LogP contribution in [-0.2, 0) is 0 Å². The molecule has 1 atom stereocenters. The molecule has 1 unspecified atom stereocenters. The SMILES string of the molecule is CCOc1ccc(C2CN(C)C(=O)N2C)cc1C. The standard InChI is InChI=1S/C14H20N2O2/c1-5-18-13-7-6-11(8-10(13)2)12-9-15(3)14(17)16(12)4/h6-8,12H,5,9H2,1-4H3. The van der Waals surface area contributed by atoms with Crippen molar-refractivity contribution < 1.29 is 9.53 Å². The number of amides is 2. The molecule has 0 saturated carbocycles. The van der Waals surface area contributed by atoms with Gasteiger partial charge in [0, 0.05) is 20.6 Å². The van der Waals surface area contributed by atoms with Gasteiger partial charge in [0.15, 0.2) is 0 Å². The number of hydrogen-bond donors (Lipinski definition) is 0. The van der Waals surface area contributed by atoms with E-state index in [0.717, 1.165) is 23.4 Å². The zero-order chi connectivity index (χ0) is 13.3. The fourth-order valence-corrected chi connectivity index (χ4v) is 2.39. The highest BCUT2D eigenvalue weighted by atomic mass is 16.5. The topological polar surface area (TPSA) is 32.8 Å². The molecule has 1 saturated heterocycles. The summed E-state index contributed by atoms with van der Waals surface area (Å²) in [5.41, 5.74) is 2.28. The third-order valence-corrected chi connectivity index (χ3v) is 3.43. The van der Waals surface area contributed by atoms with Crippen molar-refractivity contribution in [3.63, 3.8) is 0 Å². The minimum atomic E-state index is 0.0755. The van der Waals surface area contributed by atoms with E-state index in [1.807, 2.05) is 40.1 Å². The lowest BCUT2D eigenvalue weighted by Gasteiger charge is -2.19. The van der Waals surface area contributed by atoms with Crippen molar-refractivity contribution in [2.45, 2.75) is 19.9 Å². The molecule has 0 bridgehead atoms. The van der Waals surface area contributed by atoms with Gasteiger partial charge < -0.3 is 14.5 Å². The number of hydrogen-bond acceptors (Lipinski definition) is 2. The zero-order valence-electron chi connectivity index (χ0n) is 11.4. The average molecular weight is 248 g/mol. The van der Waals surface area contributed by atoms with Gasteiger partial charge in [-0.3, -0.25) is 0 Å². The van der Waals surface area contributed by atoms with Crippen molar-refractivity contribution in [3.8, 4) is 5.75 Å². The number of urea groups is 1. The van der Waals surface area contributed by atoms with E-state index >= 15 is 0 Å². The van der Waals surface area contributed by atoms with Crippen molar-refractivity contribution in [2.75, 3.05) is 27.2 Å². The molecule has 1 aliphatic heterocycles. The molecule has 2 amide bonds. The van der Waals surface area contributed by atoms with Gasteiger partial charge in [0.25, 0.3) is 0 Å². The fourth-order valence-electron chi connectivity index (χ4n) is 2.39. The van der Waals surface area contributed by atoms with E-state index in [1.165, 1.54) is 0 Å². The predicted octanol–water partition coefficient (Wildman–Crippen LogP) is 2.43. The van der Waals surface area contributed by atoms with Crippen molar-refractivity contribution in [3.05, 3.63) is 29.3 Å². The Labute approximate surface area is 108 Å². The van der Waals surface area contributed by atoms with E-state index < -0.39 is 0 Å². The summed E-state index contributed by atoms with van der Waals surface area (Å²) >= 11 is 0. The second-order valence-corrected chi connectivity index (χ2v) is 4.75. The van der Waals surface area contributed by atoms with E-state index in [0.29, 0.717) is 6.61 Å². The van der Waals surface area contributed by atoms with Crippen molar-refractivity contribution in [1.82, 2.24) is 9.80 Å². The van der Waals surface area contributed by atoms with Crippen molar-refractivity contribution in [2.24, 2.45) is 0 Å². The summed E-state index contributed by atoms with van der Waals surface area (Å²) in [7, 11) is 3.68. The van der Waals surface area contributed by atoms with Crippen LogP contribution in [0.1, 0.15) is 24.1 Å². The van der Waals surface area contributed by atoms with E-state index in [9.17, 15) is 4.79 Å². The molecule has 18 heavy (non-hydrogen) atoms. The number of aryl methyl sites for hydroxylation is 1. The Hall–Kier alpha value is -1.71. The first-order valence-corrected chi connectivity index (χ1v) is 6.26. The number of carbonyl (C=O) groups is 1. The summed E-state index contributed by atoms with van der Waals surface area (Å²) in [5, 5.41) is 0. The molecule has 1 fully saturated rings. The largest absolute Gasteiger partial charge is 0.494 e. The van der Waals surface area contributed by atoms with Crippen LogP contribution in [0.2, 0.25) is 0 Å². The van der Waals surface area contributed by atoms with E-state index in [1.54, 1.807) is 9.80 Å². The first-order valence-electron chi connectivity index (χ1n) is 6.26. The molecule has 1 aromatic rings. The number of ether oxygens (including phenoxy) is 1. The maximum atomic E-state index is 11.8. The zero-order valence-corrected chi connectivity index (χ0v) is 11.4. The van der Waals surface area contributed by atoms with Crippen LogP contribution >= 0.6 is 0 Å². The lowest BCUT2D eigenvalue weighted by Crippen LogP contribution is -2.26. The van der Waals surface area contributed by atoms with Gasteiger partial charge in [0.05, 0.1) is 12.6 Å². The van der Waals surface area contributed by atoms with Crippen LogP contribution in [0, 0.1) is 6.92 Å². The number of carbonyl (C=O) groups excluding carboxylic acids is 1. The lowest BCUT2D eigenvalue weighted by molar-refractivity contribution is 0.201. The van der Waals surface area contributed by atoms with Gasteiger partial charge in [-0.25, -0.2) is 4.79 Å². The van der Waals surface area contributed by atoms with Gasteiger partial charge in [-0.2, -0.15) is 0 Å².